The molecule has 0 bridgehead atoms. The van der Waals surface area contributed by atoms with Gasteiger partial charge in [-0.15, -0.1) is 0 Å². The average molecular weight is 892 g/mol. The van der Waals surface area contributed by atoms with Crippen LogP contribution in [0.15, 0.2) is 42.6 Å². The Morgan fingerprint density at radius 2 is 1.33 bits per heavy atom. The Hall–Kier alpha value is 0.190. The molecular weight excluding hydrogens is 878 g/mol. The number of rotatable bonds is 5. The van der Waals surface area contributed by atoms with E-state index in [1.165, 1.54) is 12.1 Å². The summed E-state index contributed by atoms with van der Waals surface area (Å²) in [6.45, 7) is 0. The van der Waals surface area contributed by atoms with E-state index in [1.54, 1.807) is 57.3 Å². The summed E-state index contributed by atoms with van der Waals surface area (Å²) in [6, 6.07) is 6.12. The smallest absolute Gasteiger partial charge is 0.315 e. The number of hydrogen-bond acceptors (Lipinski definition) is 7. The summed E-state index contributed by atoms with van der Waals surface area (Å²) in [7, 11) is -4.67. The van der Waals surface area contributed by atoms with E-state index in [9.17, 15) is 22.6 Å². The first-order valence-electron chi connectivity index (χ1n) is 9.41. The highest BCUT2D eigenvalue weighted by Crippen LogP contribution is 2.39. The van der Waals surface area contributed by atoms with E-state index in [2.05, 4.69) is 47.8 Å². The fourth-order valence-electron chi connectivity index (χ4n) is 3.52. The summed E-state index contributed by atoms with van der Waals surface area (Å²) in [5, 5.41) is 0. The van der Waals surface area contributed by atoms with E-state index in [0.29, 0.717) is 27.5 Å². The van der Waals surface area contributed by atoms with Crippen molar-refractivity contribution in [3.8, 4) is 11.5 Å². The van der Waals surface area contributed by atoms with E-state index in [0.717, 1.165) is 17.3 Å². The summed E-state index contributed by atoms with van der Waals surface area (Å²) in [5.41, 5.74) is 0. The van der Waals surface area contributed by atoms with Crippen molar-refractivity contribution >= 4 is 115 Å². The van der Waals surface area contributed by atoms with Gasteiger partial charge in [-0.25, -0.2) is 8.42 Å². The Balaban J connectivity index is 1.80. The van der Waals surface area contributed by atoms with Crippen LogP contribution in [0.4, 0.5) is 0 Å². The molecule has 178 valence electrons. The normalized spacial score (nSPS) is 18.6. The van der Waals surface area contributed by atoms with Gasteiger partial charge >= 0.3 is 11.9 Å². The highest BCUT2D eigenvalue weighted by Gasteiger charge is 2.39. The lowest BCUT2D eigenvalue weighted by atomic mass is 9.79. The Labute approximate surface area is 243 Å². The maximum Gasteiger partial charge on any atom is 0.315 e. The summed E-state index contributed by atoms with van der Waals surface area (Å²) in [5.74, 6) is -2.10. The summed E-state index contributed by atoms with van der Waals surface area (Å²) in [4.78, 5) is 25.6. The minimum Gasteiger partial charge on any atom is -0.744 e. The van der Waals surface area contributed by atoms with Gasteiger partial charge in [0.1, 0.15) is 15.9 Å². The Morgan fingerprint density at radius 1 is 0.879 bits per heavy atom. The SMILES string of the molecule is O=C(Oc1cc(I)c(S(=O)(=O)[O-])c(I)c1)C1CCCCC1C(=O)Oc1c(Br)cc(Br)cc1Br. The minimum atomic E-state index is -4.67. The lowest BCUT2D eigenvalue weighted by Gasteiger charge is -2.28. The number of halogens is 5. The number of esters is 2. The second kappa shape index (κ2) is 11.5. The van der Waals surface area contributed by atoms with Gasteiger partial charge in [0.05, 0.1) is 25.7 Å². The quantitative estimate of drug-likeness (QED) is 0.148. The Kier molecular flexibility index (Phi) is 9.68. The van der Waals surface area contributed by atoms with Gasteiger partial charge in [0.15, 0.2) is 5.75 Å². The standard InChI is InChI=1S/C20H15Br3I2O7S/c21-9-5-13(22)17(14(23)6-9)32-20(27)12-4-2-1-3-11(12)19(26)31-10-7-15(24)18(16(25)8-10)33(28,29)30/h5-8,11-12H,1-4H2,(H,28,29,30)/p-1. The van der Waals surface area contributed by atoms with E-state index in [-0.39, 0.29) is 17.8 Å². The molecule has 33 heavy (non-hydrogen) atoms. The van der Waals surface area contributed by atoms with Crippen LogP contribution in [0, 0.1) is 19.0 Å². The molecule has 1 aliphatic carbocycles. The van der Waals surface area contributed by atoms with Crippen molar-refractivity contribution < 1.29 is 32.0 Å². The topological polar surface area (TPSA) is 110 Å². The molecule has 0 saturated heterocycles. The molecule has 1 aliphatic rings. The van der Waals surface area contributed by atoms with Gasteiger partial charge < -0.3 is 14.0 Å². The molecule has 0 N–H and O–H groups in total. The maximum absolute atomic E-state index is 13.0. The van der Waals surface area contributed by atoms with Crippen LogP contribution in [-0.4, -0.2) is 24.9 Å². The highest BCUT2D eigenvalue weighted by molar-refractivity contribution is 14.1. The summed E-state index contributed by atoms with van der Waals surface area (Å²) >= 11 is 13.5. The van der Waals surface area contributed by atoms with Crippen LogP contribution in [-0.2, 0) is 19.7 Å². The van der Waals surface area contributed by atoms with E-state index >= 15 is 0 Å². The van der Waals surface area contributed by atoms with Gasteiger partial charge in [0.2, 0.25) is 0 Å². The van der Waals surface area contributed by atoms with E-state index < -0.39 is 33.9 Å². The zero-order valence-corrected chi connectivity index (χ0v) is 26.3. The van der Waals surface area contributed by atoms with Crippen molar-refractivity contribution in [2.45, 2.75) is 30.6 Å². The van der Waals surface area contributed by atoms with Crippen LogP contribution in [0.25, 0.3) is 0 Å². The van der Waals surface area contributed by atoms with Crippen LogP contribution in [0.3, 0.4) is 0 Å². The van der Waals surface area contributed by atoms with E-state index in [4.69, 9.17) is 9.47 Å². The van der Waals surface area contributed by atoms with E-state index in [1.807, 2.05) is 0 Å². The zero-order chi connectivity index (χ0) is 24.5. The molecule has 7 nitrogen and oxygen atoms in total. The van der Waals surface area contributed by atoms with Crippen LogP contribution in [0.5, 0.6) is 11.5 Å². The molecule has 3 rings (SSSR count). The molecular formula is C20H14Br3I2O7S-. The minimum absolute atomic E-state index is 0.109. The highest BCUT2D eigenvalue weighted by atomic mass is 127. The zero-order valence-electron chi connectivity index (χ0n) is 16.4. The molecule has 2 aromatic carbocycles. The summed E-state index contributed by atoms with van der Waals surface area (Å²) in [6.07, 6.45) is 2.48. The average Bonchev–Trinajstić information content (AvgIpc) is 2.68. The number of carbonyl (C=O) groups is 2. The monoisotopic (exact) mass is 889 g/mol. The molecule has 0 aromatic heterocycles. The van der Waals surface area contributed by atoms with Crippen LogP contribution in [0.1, 0.15) is 25.7 Å². The van der Waals surface area contributed by atoms with Crippen molar-refractivity contribution in [2.24, 2.45) is 11.8 Å². The van der Waals surface area contributed by atoms with Crippen LogP contribution >= 0.6 is 93.0 Å². The number of hydrogen-bond donors (Lipinski definition) is 0. The molecule has 1 fully saturated rings. The predicted molar refractivity (Wildman–Crippen MR) is 146 cm³/mol. The molecule has 0 aliphatic heterocycles. The Bertz CT molecular complexity index is 1170. The van der Waals surface area contributed by atoms with Gasteiger partial charge in [-0.1, -0.05) is 28.8 Å². The predicted octanol–water partition coefficient (Wildman–Crippen LogP) is 6.40. The molecule has 0 spiro atoms. The van der Waals surface area contributed by atoms with Gasteiger partial charge in [-0.05, 0) is 114 Å². The van der Waals surface area contributed by atoms with Crippen molar-refractivity contribution in [2.75, 3.05) is 0 Å². The fourth-order valence-corrected chi connectivity index (χ4v) is 9.87. The number of benzene rings is 2. The van der Waals surface area contributed by atoms with Crippen molar-refractivity contribution in [3.05, 3.63) is 44.8 Å². The maximum atomic E-state index is 13.0. The third-order valence-corrected chi connectivity index (χ3v) is 9.99. The number of carbonyl (C=O) groups excluding carboxylic acids is 2. The molecule has 2 atom stereocenters. The third kappa shape index (κ3) is 6.90. The van der Waals surface area contributed by atoms with Crippen LogP contribution in [0.2, 0.25) is 0 Å². The molecule has 0 amide bonds. The number of ether oxygens (including phenoxy) is 2. The lowest BCUT2D eigenvalue weighted by molar-refractivity contribution is -0.152. The first-order chi connectivity index (χ1) is 15.4. The van der Waals surface area contributed by atoms with Crippen molar-refractivity contribution in [1.82, 2.24) is 0 Å². The van der Waals surface area contributed by atoms with Gasteiger partial charge in [-0.3, -0.25) is 9.59 Å². The van der Waals surface area contributed by atoms with Gasteiger partial charge in [-0.2, -0.15) is 0 Å². The van der Waals surface area contributed by atoms with Crippen LogP contribution < -0.4 is 9.47 Å². The third-order valence-electron chi connectivity index (χ3n) is 4.98. The molecule has 2 aromatic rings. The van der Waals surface area contributed by atoms with Gasteiger partial charge in [0, 0.05) is 11.6 Å². The second-order valence-corrected chi connectivity index (χ2v) is 13.5. The Morgan fingerprint density at radius 3 is 1.79 bits per heavy atom. The van der Waals surface area contributed by atoms with Crippen molar-refractivity contribution in [3.63, 3.8) is 0 Å². The molecule has 0 radical (unpaired) electrons. The lowest BCUT2D eigenvalue weighted by Crippen LogP contribution is -2.37. The molecule has 2 unspecified atom stereocenters. The first-order valence-corrected chi connectivity index (χ1v) is 15.4. The largest absolute Gasteiger partial charge is 0.744 e. The van der Waals surface area contributed by atoms with Crippen molar-refractivity contribution in [1.29, 1.82) is 0 Å². The first kappa shape index (κ1) is 27.8. The van der Waals surface area contributed by atoms with Gasteiger partial charge in [0.25, 0.3) is 0 Å². The molecule has 1 saturated carbocycles. The molecule has 13 heteroatoms. The fraction of sp³-hybridized carbons (Fsp3) is 0.300. The second-order valence-electron chi connectivity index (χ2n) is 7.21. The molecule has 0 heterocycles. The summed E-state index contributed by atoms with van der Waals surface area (Å²) < 4.78 is 47.7.